The maximum absolute atomic E-state index is 12.0. The zero-order chi connectivity index (χ0) is 13.2. The first-order valence-electron chi connectivity index (χ1n) is 5.99. The van der Waals surface area contributed by atoms with Crippen LogP contribution in [0.2, 0.25) is 0 Å². The number of aromatic nitrogens is 1. The van der Waals surface area contributed by atoms with Crippen LogP contribution in [0.1, 0.15) is 29.1 Å². The Hall–Kier alpha value is -1.40. The lowest BCUT2D eigenvalue weighted by molar-refractivity contribution is -0.0734. The molecule has 0 atom stereocenters. The number of carbonyl (C=O) groups is 1. The van der Waals surface area contributed by atoms with Gasteiger partial charge in [0.2, 0.25) is 0 Å². The van der Waals surface area contributed by atoms with Gasteiger partial charge in [-0.2, -0.15) is 0 Å². The van der Waals surface area contributed by atoms with Gasteiger partial charge in [-0.1, -0.05) is 5.16 Å². The van der Waals surface area contributed by atoms with Crippen molar-refractivity contribution in [3.8, 4) is 0 Å². The van der Waals surface area contributed by atoms with Crippen molar-refractivity contribution in [1.82, 2.24) is 10.1 Å². The molecule has 0 spiro atoms. The fourth-order valence-corrected chi connectivity index (χ4v) is 2.09. The van der Waals surface area contributed by atoms with Crippen LogP contribution in [0.15, 0.2) is 10.6 Å². The molecule has 6 nitrogen and oxygen atoms in total. The van der Waals surface area contributed by atoms with Crippen molar-refractivity contribution in [2.75, 3.05) is 26.8 Å². The summed E-state index contributed by atoms with van der Waals surface area (Å²) in [6.45, 7) is 3.07. The van der Waals surface area contributed by atoms with Crippen molar-refractivity contribution in [3.05, 3.63) is 17.5 Å². The summed E-state index contributed by atoms with van der Waals surface area (Å²) in [6, 6.07) is 1.59. The summed E-state index contributed by atoms with van der Waals surface area (Å²) in [4.78, 5) is 13.5. The monoisotopic (exact) mass is 254 g/mol. The average molecular weight is 254 g/mol. The van der Waals surface area contributed by atoms with Gasteiger partial charge in [-0.15, -0.1) is 0 Å². The Labute approximate surface area is 106 Å². The SMILES string of the molecule is Cc1cc(C(=O)N(C)CC2(O)CCOCC2)no1. The lowest BCUT2D eigenvalue weighted by atomic mass is 9.94. The van der Waals surface area contributed by atoms with Crippen LogP contribution in [0.5, 0.6) is 0 Å². The van der Waals surface area contributed by atoms with Crippen molar-refractivity contribution >= 4 is 5.91 Å². The molecule has 0 aliphatic carbocycles. The molecule has 0 aromatic carbocycles. The molecule has 2 heterocycles. The van der Waals surface area contributed by atoms with Crippen LogP contribution in [0.25, 0.3) is 0 Å². The Morgan fingerprint density at radius 2 is 2.22 bits per heavy atom. The van der Waals surface area contributed by atoms with Gasteiger partial charge >= 0.3 is 0 Å². The normalized spacial score (nSPS) is 18.6. The maximum atomic E-state index is 12.0. The van der Waals surface area contributed by atoms with Gasteiger partial charge in [0.15, 0.2) is 5.69 Å². The van der Waals surface area contributed by atoms with Crippen molar-refractivity contribution < 1.29 is 19.2 Å². The number of amides is 1. The second-order valence-electron chi connectivity index (χ2n) is 4.82. The molecule has 1 fully saturated rings. The highest BCUT2D eigenvalue weighted by molar-refractivity contribution is 5.92. The topological polar surface area (TPSA) is 75.8 Å². The highest BCUT2D eigenvalue weighted by Crippen LogP contribution is 2.21. The van der Waals surface area contributed by atoms with E-state index < -0.39 is 5.60 Å². The number of carbonyl (C=O) groups excluding carboxylic acids is 1. The standard InChI is InChI=1S/C12H18N2O4/c1-9-7-10(13-18-9)11(15)14(2)8-12(16)3-5-17-6-4-12/h7,16H,3-6,8H2,1-2H3. The van der Waals surface area contributed by atoms with E-state index in [0.717, 1.165) is 0 Å². The van der Waals surface area contributed by atoms with E-state index in [2.05, 4.69) is 5.16 Å². The molecule has 2 rings (SSSR count). The molecule has 1 aromatic rings. The van der Waals surface area contributed by atoms with E-state index in [0.29, 0.717) is 31.8 Å². The minimum Gasteiger partial charge on any atom is -0.388 e. The molecule has 100 valence electrons. The van der Waals surface area contributed by atoms with Gasteiger partial charge < -0.3 is 19.3 Å². The molecule has 1 saturated heterocycles. The van der Waals surface area contributed by atoms with Crippen molar-refractivity contribution in [2.24, 2.45) is 0 Å². The summed E-state index contributed by atoms with van der Waals surface area (Å²) in [7, 11) is 1.65. The van der Waals surface area contributed by atoms with Crippen LogP contribution in [-0.4, -0.2) is 53.5 Å². The minimum atomic E-state index is -0.860. The first-order chi connectivity index (χ1) is 8.50. The Balaban J connectivity index is 1.98. The second-order valence-corrected chi connectivity index (χ2v) is 4.82. The molecule has 1 N–H and O–H groups in total. The third-order valence-corrected chi connectivity index (χ3v) is 3.15. The van der Waals surface area contributed by atoms with Gasteiger partial charge in [0.05, 0.1) is 5.60 Å². The predicted octanol–water partition coefficient (Wildman–Crippen LogP) is 0.597. The first kappa shape index (κ1) is 13.0. The van der Waals surface area contributed by atoms with E-state index in [1.54, 1.807) is 20.0 Å². The molecule has 0 saturated carbocycles. The maximum Gasteiger partial charge on any atom is 0.275 e. The van der Waals surface area contributed by atoms with Crippen LogP contribution in [0.3, 0.4) is 0 Å². The zero-order valence-electron chi connectivity index (χ0n) is 10.7. The van der Waals surface area contributed by atoms with E-state index in [9.17, 15) is 9.90 Å². The van der Waals surface area contributed by atoms with E-state index in [1.165, 1.54) is 4.90 Å². The summed E-state index contributed by atoms with van der Waals surface area (Å²) in [5.41, 5.74) is -0.591. The second kappa shape index (κ2) is 5.07. The number of nitrogens with zero attached hydrogens (tertiary/aromatic N) is 2. The Morgan fingerprint density at radius 1 is 1.56 bits per heavy atom. The average Bonchev–Trinajstić information content (AvgIpc) is 2.75. The largest absolute Gasteiger partial charge is 0.388 e. The summed E-state index contributed by atoms with van der Waals surface area (Å²) in [6.07, 6.45) is 1.09. The lowest BCUT2D eigenvalue weighted by Gasteiger charge is -2.35. The van der Waals surface area contributed by atoms with Crippen molar-refractivity contribution in [2.45, 2.75) is 25.4 Å². The quantitative estimate of drug-likeness (QED) is 0.854. The fourth-order valence-electron chi connectivity index (χ4n) is 2.09. The van der Waals surface area contributed by atoms with Crippen LogP contribution in [0.4, 0.5) is 0 Å². The number of likely N-dealkylation sites (N-methyl/N-ethyl adjacent to an activating group) is 1. The Kier molecular flexibility index (Phi) is 3.68. The van der Waals surface area contributed by atoms with Gasteiger partial charge in [-0.05, 0) is 6.92 Å². The van der Waals surface area contributed by atoms with Crippen LogP contribution in [-0.2, 0) is 4.74 Å². The molecule has 1 aromatic heterocycles. The molecule has 18 heavy (non-hydrogen) atoms. The molecule has 1 amide bonds. The Morgan fingerprint density at radius 3 is 2.78 bits per heavy atom. The van der Waals surface area contributed by atoms with Crippen molar-refractivity contribution in [1.29, 1.82) is 0 Å². The first-order valence-corrected chi connectivity index (χ1v) is 5.99. The molecule has 1 aliphatic heterocycles. The zero-order valence-corrected chi connectivity index (χ0v) is 10.7. The van der Waals surface area contributed by atoms with Gasteiger partial charge in [-0.3, -0.25) is 4.79 Å². The van der Waals surface area contributed by atoms with Crippen LogP contribution < -0.4 is 0 Å². The van der Waals surface area contributed by atoms with Gasteiger partial charge in [0.1, 0.15) is 5.76 Å². The minimum absolute atomic E-state index is 0.244. The number of aryl methyl sites for hydroxylation is 1. The molecule has 1 aliphatic rings. The number of rotatable bonds is 3. The summed E-state index contributed by atoms with van der Waals surface area (Å²) in [5.74, 6) is 0.350. The van der Waals surface area contributed by atoms with Gasteiger partial charge in [-0.25, -0.2) is 0 Å². The van der Waals surface area contributed by atoms with Crippen LogP contribution in [0, 0.1) is 6.92 Å². The van der Waals surface area contributed by atoms with Gasteiger partial charge in [0.25, 0.3) is 5.91 Å². The molecular formula is C12H18N2O4. The highest BCUT2D eigenvalue weighted by Gasteiger charge is 2.33. The molecule has 0 bridgehead atoms. The predicted molar refractivity (Wildman–Crippen MR) is 63.2 cm³/mol. The van der Waals surface area contributed by atoms with E-state index in [-0.39, 0.29) is 18.1 Å². The van der Waals surface area contributed by atoms with Crippen molar-refractivity contribution in [3.63, 3.8) is 0 Å². The highest BCUT2D eigenvalue weighted by atomic mass is 16.5. The number of hydrogen-bond acceptors (Lipinski definition) is 5. The number of hydrogen-bond donors (Lipinski definition) is 1. The summed E-state index contributed by atoms with van der Waals surface area (Å²) in [5, 5.41) is 14.0. The molecular weight excluding hydrogens is 236 g/mol. The third kappa shape index (κ3) is 2.88. The van der Waals surface area contributed by atoms with E-state index in [4.69, 9.17) is 9.26 Å². The summed E-state index contributed by atoms with van der Waals surface area (Å²) < 4.78 is 10.1. The van der Waals surface area contributed by atoms with Gasteiger partial charge in [0, 0.05) is 45.7 Å². The third-order valence-electron chi connectivity index (χ3n) is 3.15. The molecule has 0 radical (unpaired) electrons. The number of aliphatic hydroxyl groups is 1. The Bertz CT molecular complexity index is 423. The number of ether oxygens (including phenoxy) is 1. The van der Waals surface area contributed by atoms with E-state index in [1.807, 2.05) is 0 Å². The fraction of sp³-hybridized carbons (Fsp3) is 0.667. The van der Waals surface area contributed by atoms with E-state index >= 15 is 0 Å². The molecule has 0 unspecified atom stereocenters. The lowest BCUT2D eigenvalue weighted by Crippen LogP contribution is -2.47. The summed E-state index contributed by atoms with van der Waals surface area (Å²) >= 11 is 0. The molecule has 6 heteroatoms. The van der Waals surface area contributed by atoms with Crippen LogP contribution >= 0.6 is 0 Å². The smallest absolute Gasteiger partial charge is 0.275 e.